The molecule has 0 radical (unpaired) electrons. The molecule has 216 valence electrons. The van der Waals surface area contributed by atoms with Crippen LogP contribution in [0.5, 0.6) is 0 Å². The number of ether oxygens (including phenoxy) is 4. The van der Waals surface area contributed by atoms with Gasteiger partial charge in [0, 0.05) is 12.8 Å². The van der Waals surface area contributed by atoms with E-state index in [4.69, 9.17) is 18.9 Å². The van der Waals surface area contributed by atoms with E-state index in [2.05, 4.69) is 0 Å². The Morgan fingerprint density at radius 3 is 2.42 bits per heavy atom. The van der Waals surface area contributed by atoms with E-state index in [1.54, 1.807) is 4.90 Å². The Hall–Kier alpha value is -2.71. The Balaban J connectivity index is 1.12. The molecule has 2 saturated heterocycles. The Morgan fingerprint density at radius 1 is 0.975 bits per heavy atom. The van der Waals surface area contributed by atoms with Gasteiger partial charge in [0.2, 0.25) is 0 Å². The summed E-state index contributed by atoms with van der Waals surface area (Å²) in [6.45, 7) is 1.78. The largest absolute Gasteiger partial charge is 0.445 e. The van der Waals surface area contributed by atoms with Crippen LogP contribution in [0.3, 0.4) is 0 Å². The van der Waals surface area contributed by atoms with Crippen LogP contribution in [0.4, 0.5) is 4.79 Å². The second-order valence-electron chi connectivity index (χ2n) is 11.2. The lowest BCUT2D eigenvalue weighted by atomic mass is 9.95. The van der Waals surface area contributed by atoms with Gasteiger partial charge >= 0.3 is 6.09 Å². The number of nitrogens with zero attached hydrogens (tertiary/aromatic N) is 1. The highest BCUT2D eigenvalue weighted by Gasteiger charge is 2.41. The molecule has 3 aliphatic heterocycles. The molecule has 0 bridgehead atoms. The second-order valence-corrected chi connectivity index (χ2v) is 11.2. The minimum absolute atomic E-state index is 0.184. The molecular weight excluding hydrogens is 506 g/mol. The topological polar surface area (TPSA) is 77.5 Å². The van der Waals surface area contributed by atoms with Crippen molar-refractivity contribution >= 4 is 6.09 Å². The molecule has 2 aromatic carbocycles. The predicted octanol–water partition coefficient (Wildman–Crippen LogP) is 6.15. The van der Waals surface area contributed by atoms with Crippen molar-refractivity contribution in [2.75, 3.05) is 13.2 Å². The van der Waals surface area contributed by atoms with Gasteiger partial charge in [-0.25, -0.2) is 4.79 Å². The fraction of sp³-hybridized carbons (Fsp3) is 0.545. The standard InChI is InChI=1S/C33H43NO6/c35-31(17-8-7-15-29-16-9-20-33(40-29)21-10-22-39-33)30-19-18-28(25-37-23-26-11-3-1-4-12-26)34(30)32(36)38-24-27-13-5-2-6-14-27/h1-6,11-14,18-19,28-31,35H,7-10,15-17,20-25H2/t28-,29+,30-,31+,33+/m0/s1. The Bertz CT molecular complexity index is 1070. The zero-order valence-electron chi connectivity index (χ0n) is 23.4. The first-order valence-electron chi connectivity index (χ1n) is 14.9. The molecule has 5 rings (SSSR count). The van der Waals surface area contributed by atoms with E-state index in [-0.39, 0.29) is 24.5 Å². The van der Waals surface area contributed by atoms with Crippen LogP contribution in [-0.4, -0.2) is 59.4 Å². The van der Waals surface area contributed by atoms with Crippen LogP contribution in [-0.2, 0) is 32.2 Å². The minimum atomic E-state index is -0.684. The summed E-state index contributed by atoms with van der Waals surface area (Å²) < 4.78 is 24.0. The molecule has 3 aliphatic rings. The predicted molar refractivity (Wildman–Crippen MR) is 152 cm³/mol. The Labute approximate surface area is 238 Å². The molecule has 2 aromatic rings. The monoisotopic (exact) mass is 549 g/mol. The van der Waals surface area contributed by atoms with Gasteiger partial charge in [0.05, 0.1) is 44.1 Å². The molecule has 7 nitrogen and oxygen atoms in total. The molecule has 1 amide bonds. The summed E-state index contributed by atoms with van der Waals surface area (Å²) in [5, 5.41) is 11.2. The first-order valence-corrected chi connectivity index (χ1v) is 14.9. The van der Waals surface area contributed by atoms with Crippen LogP contribution < -0.4 is 0 Å². The minimum Gasteiger partial charge on any atom is -0.445 e. The van der Waals surface area contributed by atoms with E-state index in [9.17, 15) is 9.90 Å². The second kappa shape index (κ2) is 14.3. The van der Waals surface area contributed by atoms with Crippen molar-refractivity contribution in [1.29, 1.82) is 0 Å². The number of aliphatic hydroxyl groups is 1. The van der Waals surface area contributed by atoms with Gasteiger partial charge in [0.1, 0.15) is 6.61 Å². The Morgan fingerprint density at radius 2 is 1.70 bits per heavy atom. The van der Waals surface area contributed by atoms with E-state index < -0.39 is 18.2 Å². The zero-order chi connectivity index (χ0) is 27.6. The summed E-state index contributed by atoms with van der Waals surface area (Å²) in [6, 6.07) is 18.9. The normalized spacial score (nSPS) is 26.8. The molecule has 0 unspecified atom stereocenters. The van der Waals surface area contributed by atoms with E-state index in [0.717, 1.165) is 69.1 Å². The van der Waals surface area contributed by atoms with Crippen LogP contribution >= 0.6 is 0 Å². The van der Waals surface area contributed by atoms with Gasteiger partial charge in [-0.1, -0.05) is 85.7 Å². The number of carbonyl (C=O) groups excluding carboxylic acids is 1. The number of benzene rings is 2. The lowest BCUT2D eigenvalue weighted by molar-refractivity contribution is -0.258. The van der Waals surface area contributed by atoms with Crippen LogP contribution in [0.1, 0.15) is 68.9 Å². The van der Waals surface area contributed by atoms with Gasteiger partial charge in [-0.3, -0.25) is 4.90 Å². The molecule has 7 heteroatoms. The highest BCUT2D eigenvalue weighted by atomic mass is 16.7. The summed E-state index contributed by atoms with van der Waals surface area (Å²) in [5.41, 5.74) is 2.00. The molecular formula is C33H43NO6. The van der Waals surface area contributed by atoms with Crippen LogP contribution in [0.25, 0.3) is 0 Å². The van der Waals surface area contributed by atoms with Gasteiger partial charge in [-0.2, -0.15) is 0 Å². The SMILES string of the molecule is O=C(OCc1ccccc1)N1[C@H](COCc2ccccc2)C=C[C@H]1[C@H](O)CCCC[C@@H]1CCC[C@]2(CCCO2)O1. The lowest BCUT2D eigenvalue weighted by Crippen LogP contribution is -2.49. The molecule has 0 saturated carbocycles. The molecule has 40 heavy (non-hydrogen) atoms. The highest BCUT2D eigenvalue weighted by Crippen LogP contribution is 2.39. The number of amides is 1. The molecule has 3 heterocycles. The number of carbonyl (C=O) groups is 1. The van der Waals surface area contributed by atoms with Crippen molar-refractivity contribution < 1.29 is 28.8 Å². The third-order valence-corrected chi connectivity index (χ3v) is 8.23. The van der Waals surface area contributed by atoms with E-state index in [1.807, 2.05) is 72.8 Å². The molecule has 1 spiro atoms. The maximum Gasteiger partial charge on any atom is 0.411 e. The molecule has 0 aromatic heterocycles. The van der Waals surface area contributed by atoms with Crippen molar-refractivity contribution in [3.8, 4) is 0 Å². The van der Waals surface area contributed by atoms with Gasteiger partial charge in [-0.15, -0.1) is 0 Å². The van der Waals surface area contributed by atoms with Crippen LogP contribution in [0.15, 0.2) is 72.8 Å². The summed E-state index contributed by atoms with van der Waals surface area (Å²) in [7, 11) is 0. The van der Waals surface area contributed by atoms with Gasteiger partial charge in [-0.05, 0) is 43.2 Å². The number of rotatable bonds is 12. The quantitative estimate of drug-likeness (QED) is 0.253. The first kappa shape index (κ1) is 28.8. The third-order valence-electron chi connectivity index (χ3n) is 8.23. The molecule has 0 aliphatic carbocycles. The van der Waals surface area contributed by atoms with Gasteiger partial charge in [0.15, 0.2) is 5.79 Å². The average Bonchev–Trinajstić information content (AvgIpc) is 3.62. The van der Waals surface area contributed by atoms with Crippen molar-refractivity contribution in [2.24, 2.45) is 0 Å². The fourth-order valence-electron chi connectivity index (χ4n) is 6.10. The maximum atomic E-state index is 13.3. The summed E-state index contributed by atoms with van der Waals surface area (Å²) in [4.78, 5) is 14.9. The van der Waals surface area contributed by atoms with Crippen molar-refractivity contribution in [3.05, 3.63) is 83.9 Å². The number of hydrogen-bond acceptors (Lipinski definition) is 6. The van der Waals surface area contributed by atoms with Crippen LogP contribution in [0, 0.1) is 0 Å². The van der Waals surface area contributed by atoms with Gasteiger partial charge in [0.25, 0.3) is 0 Å². The fourth-order valence-corrected chi connectivity index (χ4v) is 6.10. The smallest absolute Gasteiger partial charge is 0.411 e. The molecule has 2 fully saturated rings. The summed E-state index contributed by atoms with van der Waals surface area (Å²) >= 11 is 0. The number of hydrogen-bond donors (Lipinski definition) is 1. The van der Waals surface area contributed by atoms with Crippen molar-refractivity contribution in [1.82, 2.24) is 4.90 Å². The third kappa shape index (κ3) is 7.72. The highest BCUT2D eigenvalue weighted by molar-refractivity contribution is 5.70. The molecule has 5 atom stereocenters. The summed E-state index contributed by atoms with van der Waals surface area (Å²) in [5.74, 6) is -0.338. The summed E-state index contributed by atoms with van der Waals surface area (Å²) in [6.07, 6.45) is 11.7. The first-order chi connectivity index (χ1) is 19.6. The van der Waals surface area contributed by atoms with E-state index >= 15 is 0 Å². The lowest BCUT2D eigenvalue weighted by Gasteiger charge is -2.38. The molecule has 1 N–H and O–H groups in total. The Kier molecular flexibility index (Phi) is 10.3. The number of aliphatic hydroxyl groups excluding tert-OH is 1. The number of unbranched alkanes of at least 4 members (excludes halogenated alkanes) is 1. The van der Waals surface area contributed by atoms with Crippen molar-refractivity contribution in [3.63, 3.8) is 0 Å². The van der Waals surface area contributed by atoms with Gasteiger partial charge < -0.3 is 24.1 Å². The van der Waals surface area contributed by atoms with Crippen LogP contribution in [0.2, 0.25) is 0 Å². The van der Waals surface area contributed by atoms with E-state index in [1.165, 1.54) is 0 Å². The van der Waals surface area contributed by atoms with E-state index in [0.29, 0.717) is 19.6 Å². The maximum absolute atomic E-state index is 13.3. The van der Waals surface area contributed by atoms with Crippen molar-refractivity contribution in [2.45, 2.75) is 101 Å². The zero-order valence-corrected chi connectivity index (χ0v) is 23.4. The average molecular weight is 550 g/mol.